The molecule has 18 heteroatoms. The maximum absolute atomic E-state index is 13.6. The van der Waals surface area contributed by atoms with E-state index < -0.39 is 96.3 Å². The highest BCUT2D eigenvalue weighted by molar-refractivity contribution is 5.88. The van der Waals surface area contributed by atoms with Gasteiger partial charge in [-0.05, 0) is 18.2 Å². The van der Waals surface area contributed by atoms with Gasteiger partial charge in [-0.2, -0.15) is 0 Å². The molecule has 1 aromatic heterocycles. The van der Waals surface area contributed by atoms with Crippen LogP contribution in [0.15, 0.2) is 39.5 Å². The number of hydrogen-bond acceptors (Lipinski definition) is 17. The number of aliphatic hydroxyl groups is 7. The van der Waals surface area contributed by atoms with Gasteiger partial charge in [-0.3, -0.25) is 4.79 Å². The number of ether oxygens (including phenoxy) is 6. The molecule has 0 radical (unpaired) electrons. The number of aromatic hydroxyl groups is 1. The zero-order valence-corrected chi connectivity index (χ0v) is 24.6. The van der Waals surface area contributed by atoms with Crippen molar-refractivity contribution in [1.82, 2.24) is 0 Å². The van der Waals surface area contributed by atoms with Crippen molar-refractivity contribution >= 4 is 16.9 Å². The van der Waals surface area contributed by atoms with E-state index in [1.165, 1.54) is 32.4 Å². The molecule has 9 N–H and O–H groups in total. The standard InChI is InChI=1S/C29H32O18/c1-41-11-4-3-9(5-12(11)42-2)25-21(35)18(32)16-13(44-25)6-10(43-28-24(38)20(34)22(36)26(47-28)27(39)40)7-14(16)45-29-23(37)19(33)17(31)15(8-30)46-29/h3-7,15,17,19-20,22-24,26,28-31,33-38H,8H2,1-2H3,(H,39,40)/t15-,17-,19+,20+,22+,23-,24-,26+,28?,29?/m1/s1. The van der Waals surface area contributed by atoms with Crippen LogP contribution in [0.5, 0.6) is 28.7 Å². The lowest BCUT2D eigenvalue weighted by atomic mass is 9.99. The number of aliphatic hydroxyl groups excluding tert-OH is 7. The van der Waals surface area contributed by atoms with Gasteiger partial charge in [0.2, 0.25) is 23.8 Å². The molecule has 0 aliphatic carbocycles. The number of carboxylic acids is 1. The minimum Gasteiger partial charge on any atom is -0.502 e. The molecule has 2 fully saturated rings. The van der Waals surface area contributed by atoms with Crippen LogP contribution in [-0.2, 0) is 14.3 Å². The molecule has 2 aliphatic heterocycles. The van der Waals surface area contributed by atoms with Gasteiger partial charge in [0.15, 0.2) is 23.4 Å². The Kier molecular flexibility index (Phi) is 9.78. The Labute approximate surface area is 263 Å². The molecule has 5 rings (SSSR count). The second kappa shape index (κ2) is 13.5. The maximum Gasteiger partial charge on any atom is 0.335 e. The van der Waals surface area contributed by atoms with Crippen LogP contribution in [0.4, 0.5) is 0 Å². The lowest BCUT2D eigenvalue weighted by molar-refractivity contribution is -0.277. The second-order valence-corrected chi connectivity index (χ2v) is 10.6. The molecule has 10 atom stereocenters. The van der Waals surface area contributed by atoms with Gasteiger partial charge in [0.25, 0.3) is 0 Å². The van der Waals surface area contributed by atoms with E-state index in [4.69, 9.17) is 32.8 Å². The molecular formula is C29H32O18. The topological polar surface area (TPSA) is 285 Å². The summed E-state index contributed by atoms with van der Waals surface area (Å²) in [5.74, 6) is -3.28. The minimum absolute atomic E-state index is 0.148. The molecular weight excluding hydrogens is 636 g/mol. The molecule has 0 spiro atoms. The first-order chi connectivity index (χ1) is 22.3. The number of rotatable bonds is 9. The summed E-state index contributed by atoms with van der Waals surface area (Å²) in [5, 5.41) is 91.2. The highest BCUT2D eigenvalue weighted by atomic mass is 16.7. The molecule has 0 amide bonds. The largest absolute Gasteiger partial charge is 0.502 e. The van der Waals surface area contributed by atoms with Gasteiger partial charge in [-0.15, -0.1) is 0 Å². The fourth-order valence-electron chi connectivity index (χ4n) is 5.16. The highest BCUT2D eigenvalue weighted by Crippen LogP contribution is 2.40. The predicted octanol–water partition coefficient (Wildman–Crippen LogP) is -2.37. The molecule has 3 heterocycles. The Hall–Kier alpha value is -4.24. The van der Waals surface area contributed by atoms with E-state index in [1.807, 2.05) is 0 Å². The van der Waals surface area contributed by atoms with E-state index in [9.17, 15) is 55.5 Å². The molecule has 2 unspecified atom stereocenters. The van der Waals surface area contributed by atoms with Crippen molar-refractivity contribution in [3.63, 3.8) is 0 Å². The quantitative estimate of drug-likeness (QED) is 0.115. The number of benzene rings is 2. The molecule has 0 bridgehead atoms. The lowest BCUT2D eigenvalue weighted by Crippen LogP contribution is -2.61. The van der Waals surface area contributed by atoms with Crippen molar-refractivity contribution in [3.05, 3.63) is 40.6 Å². The van der Waals surface area contributed by atoms with Gasteiger partial charge in [0.1, 0.15) is 65.2 Å². The SMILES string of the molecule is COc1ccc(-c2oc3cc(OC4O[C@H](C(=O)O)[C@@H](O)[C@H](O)[C@H]4O)cc(OC4O[C@H](CO)[C@@H](O)[C@H](O)[C@H]4O)c3c(=O)c2O)cc1OC. The molecule has 47 heavy (non-hydrogen) atoms. The highest BCUT2D eigenvalue weighted by Gasteiger charge is 2.48. The predicted molar refractivity (Wildman–Crippen MR) is 152 cm³/mol. The Morgan fingerprint density at radius 3 is 2.04 bits per heavy atom. The van der Waals surface area contributed by atoms with Gasteiger partial charge in [-0.1, -0.05) is 0 Å². The second-order valence-electron chi connectivity index (χ2n) is 10.6. The monoisotopic (exact) mass is 668 g/mol. The van der Waals surface area contributed by atoms with Crippen LogP contribution in [-0.4, -0.2) is 134 Å². The van der Waals surface area contributed by atoms with Gasteiger partial charge >= 0.3 is 5.97 Å². The van der Waals surface area contributed by atoms with Gasteiger partial charge < -0.3 is 78.8 Å². The number of hydrogen-bond donors (Lipinski definition) is 9. The lowest BCUT2D eigenvalue weighted by Gasteiger charge is -2.39. The third-order valence-corrected chi connectivity index (χ3v) is 7.71. The normalized spacial score (nSPS) is 30.9. The molecule has 2 saturated heterocycles. The molecule has 18 nitrogen and oxygen atoms in total. The van der Waals surface area contributed by atoms with E-state index in [0.29, 0.717) is 5.75 Å². The van der Waals surface area contributed by atoms with Crippen LogP contribution >= 0.6 is 0 Å². The van der Waals surface area contributed by atoms with Crippen LogP contribution in [0.3, 0.4) is 0 Å². The van der Waals surface area contributed by atoms with E-state index in [-0.39, 0.29) is 28.4 Å². The summed E-state index contributed by atoms with van der Waals surface area (Å²) in [6, 6.07) is 6.37. The van der Waals surface area contributed by atoms with E-state index in [0.717, 1.165) is 12.1 Å². The number of methoxy groups -OCH3 is 2. The zero-order chi connectivity index (χ0) is 34.3. The van der Waals surface area contributed by atoms with Gasteiger partial charge in [0.05, 0.1) is 20.8 Å². The number of carbonyl (C=O) groups is 1. The van der Waals surface area contributed by atoms with E-state index >= 15 is 0 Å². The van der Waals surface area contributed by atoms with Crippen LogP contribution in [0.1, 0.15) is 0 Å². The average molecular weight is 669 g/mol. The van der Waals surface area contributed by atoms with Crippen molar-refractivity contribution in [1.29, 1.82) is 0 Å². The summed E-state index contributed by atoms with van der Waals surface area (Å²) >= 11 is 0. The Morgan fingerprint density at radius 1 is 0.787 bits per heavy atom. The fraction of sp³-hybridized carbons (Fsp3) is 0.448. The molecule has 0 saturated carbocycles. The van der Waals surface area contributed by atoms with Crippen molar-refractivity contribution in [3.8, 4) is 40.1 Å². The fourth-order valence-corrected chi connectivity index (χ4v) is 5.16. The third kappa shape index (κ3) is 6.25. The first-order valence-electron chi connectivity index (χ1n) is 13.9. The summed E-state index contributed by atoms with van der Waals surface area (Å²) in [4.78, 5) is 25.2. The smallest absolute Gasteiger partial charge is 0.335 e. The van der Waals surface area contributed by atoms with Crippen molar-refractivity contribution in [2.24, 2.45) is 0 Å². The van der Waals surface area contributed by atoms with Crippen molar-refractivity contribution < 1.29 is 83.6 Å². The Bertz CT molecular complexity index is 1670. The Balaban J connectivity index is 1.64. The molecule has 2 aromatic carbocycles. The Morgan fingerprint density at radius 2 is 1.43 bits per heavy atom. The first-order valence-corrected chi connectivity index (χ1v) is 13.9. The molecule has 3 aromatic rings. The average Bonchev–Trinajstić information content (AvgIpc) is 3.06. The summed E-state index contributed by atoms with van der Waals surface area (Å²) < 4.78 is 38.3. The third-order valence-electron chi connectivity index (χ3n) is 7.71. The zero-order valence-electron chi connectivity index (χ0n) is 24.6. The maximum atomic E-state index is 13.6. The number of fused-ring (bicyclic) bond motifs is 1. The van der Waals surface area contributed by atoms with E-state index in [1.54, 1.807) is 0 Å². The first kappa shape index (κ1) is 34.1. The number of aliphatic carboxylic acids is 1. The summed E-state index contributed by atoms with van der Waals surface area (Å²) in [6.45, 7) is -0.803. The van der Waals surface area contributed by atoms with Crippen LogP contribution in [0.25, 0.3) is 22.3 Å². The molecule has 2 aliphatic rings. The van der Waals surface area contributed by atoms with Crippen LogP contribution in [0.2, 0.25) is 0 Å². The summed E-state index contributed by atoms with van der Waals surface area (Å²) in [7, 11) is 2.76. The minimum atomic E-state index is -2.02. The van der Waals surface area contributed by atoms with Crippen LogP contribution < -0.4 is 24.4 Å². The van der Waals surface area contributed by atoms with Crippen LogP contribution in [0, 0.1) is 0 Å². The summed E-state index contributed by atoms with van der Waals surface area (Å²) in [6.07, 6.45) is -18.7. The van der Waals surface area contributed by atoms with Crippen molar-refractivity contribution in [2.45, 2.75) is 61.4 Å². The van der Waals surface area contributed by atoms with E-state index in [2.05, 4.69) is 0 Å². The number of carboxylic acid groups (broad SMARTS) is 1. The van der Waals surface area contributed by atoms with Gasteiger partial charge in [0, 0.05) is 17.7 Å². The molecule has 256 valence electrons. The van der Waals surface area contributed by atoms with Crippen molar-refractivity contribution in [2.75, 3.05) is 20.8 Å². The van der Waals surface area contributed by atoms with Gasteiger partial charge in [-0.25, -0.2) is 4.79 Å². The summed E-state index contributed by atoms with van der Waals surface area (Å²) in [5.41, 5.74) is -1.27.